The van der Waals surface area contributed by atoms with E-state index in [9.17, 15) is 0 Å². The Morgan fingerprint density at radius 3 is 1.12 bits per heavy atom. The zero-order valence-corrected chi connectivity index (χ0v) is 20.4. The summed E-state index contributed by atoms with van der Waals surface area (Å²) in [5.74, 6) is 0. The van der Waals surface area contributed by atoms with Crippen LogP contribution in [0.2, 0.25) is 0 Å². The van der Waals surface area contributed by atoms with Gasteiger partial charge < -0.3 is 0 Å². The van der Waals surface area contributed by atoms with Crippen LogP contribution >= 0.6 is 63.7 Å². The van der Waals surface area contributed by atoms with Gasteiger partial charge in [-0.25, -0.2) is 0 Å². The normalized spacial score (nSPS) is 11.5. The van der Waals surface area contributed by atoms with Crippen LogP contribution in [0.15, 0.2) is 86.2 Å². The SMILES string of the molecule is Brc1cccc(CC(Br)(Cc2cccc(Br)c2)Cc2cccc(Br)c2)c1. The molecule has 0 heterocycles. The summed E-state index contributed by atoms with van der Waals surface area (Å²) in [4.78, 5) is 0. The van der Waals surface area contributed by atoms with Crippen LogP contribution in [0.3, 0.4) is 0 Å². The van der Waals surface area contributed by atoms with Crippen molar-refractivity contribution >= 4 is 63.7 Å². The van der Waals surface area contributed by atoms with E-state index in [2.05, 4.69) is 137 Å². The van der Waals surface area contributed by atoms with Gasteiger partial charge in [0.25, 0.3) is 0 Å². The fourth-order valence-corrected chi connectivity index (χ4v) is 5.54. The monoisotopic (exact) mass is 598 g/mol. The van der Waals surface area contributed by atoms with Crippen molar-refractivity contribution in [1.82, 2.24) is 0 Å². The Kier molecular flexibility index (Phi) is 7.18. The molecule has 0 nitrogen and oxygen atoms in total. The van der Waals surface area contributed by atoms with Crippen LogP contribution in [0, 0.1) is 0 Å². The topological polar surface area (TPSA) is 0 Å². The van der Waals surface area contributed by atoms with Gasteiger partial charge in [-0.3, -0.25) is 0 Å². The first kappa shape index (κ1) is 20.3. The van der Waals surface area contributed by atoms with E-state index in [1.807, 2.05) is 0 Å². The molecule has 0 saturated carbocycles. The van der Waals surface area contributed by atoms with Crippen LogP contribution in [0.25, 0.3) is 0 Å². The lowest BCUT2D eigenvalue weighted by atomic mass is 9.87. The first-order valence-corrected chi connectivity index (χ1v) is 11.5. The molecule has 0 fully saturated rings. The van der Waals surface area contributed by atoms with Crippen molar-refractivity contribution in [2.75, 3.05) is 0 Å². The molecule has 0 N–H and O–H groups in total. The maximum Gasteiger partial charge on any atom is 0.0378 e. The number of benzene rings is 3. The van der Waals surface area contributed by atoms with Crippen LogP contribution in [0.4, 0.5) is 0 Å². The molecule has 0 aliphatic carbocycles. The standard InChI is InChI=1S/C22H18Br4/c23-19-7-1-4-16(10-19)13-22(26,14-17-5-2-8-20(24)11-17)15-18-6-3-9-21(25)12-18/h1-12H,13-15H2. The van der Waals surface area contributed by atoms with Gasteiger partial charge in [-0.15, -0.1) is 0 Å². The van der Waals surface area contributed by atoms with Gasteiger partial charge in [-0.05, 0) is 72.4 Å². The van der Waals surface area contributed by atoms with Gasteiger partial charge in [0.1, 0.15) is 0 Å². The molecule has 0 spiro atoms. The van der Waals surface area contributed by atoms with Crippen molar-refractivity contribution in [3.63, 3.8) is 0 Å². The fraction of sp³-hybridized carbons (Fsp3) is 0.182. The number of rotatable bonds is 6. The van der Waals surface area contributed by atoms with E-state index in [0.717, 1.165) is 32.7 Å². The van der Waals surface area contributed by atoms with Gasteiger partial charge in [0.15, 0.2) is 0 Å². The first-order valence-electron chi connectivity index (χ1n) is 8.34. The highest BCUT2D eigenvalue weighted by Crippen LogP contribution is 2.34. The molecule has 0 atom stereocenters. The minimum absolute atomic E-state index is 0.0601. The van der Waals surface area contributed by atoms with Crippen LogP contribution in [0.1, 0.15) is 16.7 Å². The molecule has 0 aromatic heterocycles. The van der Waals surface area contributed by atoms with E-state index < -0.39 is 0 Å². The Balaban J connectivity index is 1.91. The molecular formula is C22H18Br4. The third kappa shape index (κ3) is 6.05. The summed E-state index contributed by atoms with van der Waals surface area (Å²) in [5, 5.41) is 0. The number of hydrogen-bond acceptors (Lipinski definition) is 0. The molecule has 0 radical (unpaired) electrons. The smallest absolute Gasteiger partial charge is 0.0378 e. The minimum atomic E-state index is -0.0601. The van der Waals surface area contributed by atoms with Crippen LogP contribution in [0.5, 0.6) is 0 Å². The Morgan fingerprint density at radius 2 is 0.846 bits per heavy atom. The highest BCUT2D eigenvalue weighted by molar-refractivity contribution is 9.11. The molecule has 0 unspecified atom stereocenters. The van der Waals surface area contributed by atoms with Gasteiger partial charge in [-0.1, -0.05) is 100 Å². The lowest BCUT2D eigenvalue weighted by Crippen LogP contribution is -2.30. The van der Waals surface area contributed by atoms with Crippen molar-refractivity contribution in [2.45, 2.75) is 23.6 Å². The summed E-state index contributed by atoms with van der Waals surface area (Å²) in [6, 6.07) is 25.7. The van der Waals surface area contributed by atoms with Crippen molar-refractivity contribution in [2.24, 2.45) is 0 Å². The second kappa shape index (κ2) is 9.18. The molecule has 134 valence electrons. The fourth-order valence-electron chi connectivity index (χ4n) is 3.23. The molecule has 26 heavy (non-hydrogen) atoms. The summed E-state index contributed by atoms with van der Waals surface area (Å²) in [6.45, 7) is 0. The van der Waals surface area contributed by atoms with E-state index in [-0.39, 0.29) is 4.32 Å². The highest BCUT2D eigenvalue weighted by atomic mass is 79.9. The van der Waals surface area contributed by atoms with E-state index in [4.69, 9.17) is 0 Å². The zero-order valence-electron chi connectivity index (χ0n) is 14.1. The molecule has 0 bridgehead atoms. The molecule has 4 heteroatoms. The molecular weight excluding hydrogens is 584 g/mol. The van der Waals surface area contributed by atoms with Gasteiger partial charge in [-0.2, -0.15) is 0 Å². The molecule has 3 rings (SSSR count). The summed E-state index contributed by atoms with van der Waals surface area (Å²) in [5.41, 5.74) is 3.96. The maximum absolute atomic E-state index is 4.12. The number of alkyl halides is 1. The lowest BCUT2D eigenvalue weighted by molar-refractivity contribution is 0.587. The Hall–Kier alpha value is -0.420. The quantitative estimate of drug-likeness (QED) is 0.250. The summed E-state index contributed by atoms with van der Waals surface area (Å²) in [7, 11) is 0. The van der Waals surface area contributed by atoms with Gasteiger partial charge >= 0.3 is 0 Å². The minimum Gasteiger partial charge on any atom is -0.0843 e. The molecule has 0 aliphatic rings. The predicted molar refractivity (Wildman–Crippen MR) is 125 cm³/mol. The second-order valence-electron chi connectivity index (χ2n) is 6.57. The maximum atomic E-state index is 4.12. The molecule has 0 aliphatic heterocycles. The third-order valence-electron chi connectivity index (χ3n) is 4.23. The first-order chi connectivity index (χ1) is 12.4. The van der Waals surface area contributed by atoms with E-state index in [1.165, 1.54) is 16.7 Å². The van der Waals surface area contributed by atoms with Crippen molar-refractivity contribution in [3.05, 3.63) is 103 Å². The van der Waals surface area contributed by atoms with Gasteiger partial charge in [0.2, 0.25) is 0 Å². The number of halogens is 4. The van der Waals surface area contributed by atoms with Crippen LogP contribution in [-0.2, 0) is 19.3 Å². The van der Waals surface area contributed by atoms with Crippen LogP contribution in [-0.4, -0.2) is 4.32 Å². The van der Waals surface area contributed by atoms with Gasteiger partial charge in [0, 0.05) is 17.7 Å². The van der Waals surface area contributed by atoms with Crippen LogP contribution < -0.4 is 0 Å². The third-order valence-corrected chi connectivity index (χ3v) is 6.55. The zero-order chi connectivity index (χ0) is 18.6. The Bertz CT molecular complexity index is 773. The second-order valence-corrected chi connectivity index (χ2v) is 11.0. The Morgan fingerprint density at radius 1 is 0.538 bits per heavy atom. The average Bonchev–Trinajstić information content (AvgIpc) is 2.54. The summed E-state index contributed by atoms with van der Waals surface area (Å²) < 4.78 is 3.30. The summed E-state index contributed by atoms with van der Waals surface area (Å²) >= 11 is 14.9. The molecule has 3 aromatic rings. The summed E-state index contributed by atoms with van der Waals surface area (Å²) in [6.07, 6.45) is 2.85. The molecule has 0 saturated heterocycles. The van der Waals surface area contributed by atoms with E-state index in [0.29, 0.717) is 0 Å². The van der Waals surface area contributed by atoms with Gasteiger partial charge in [0.05, 0.1) is 0 Å². The average molecular weight is 602 g/mol. The largest absolute Gasteiger partial charge is 0.0843 e. The lowest BCUT2D eigenvalue weighted by Gasteiger charge is -2.29. The van der Waals surface area contributed by atoms with E-state index in [1.54, 1.807) is 0 Å². The number of hydrogen-bond donors (Lipinski definition) is 0. The van der Waals surface area contributed by atoms with E-state index >= 15 is 0 Å². The molecule has 3 aromatic carbocycles. The predicted octanol–water partition coefficient (Wildman–Crippen LogP) is 8.14. The van der Waals surface area contributed by atoms with Crippen molar-refractivity contribution in [3.8, 4) is 0 Å². The van der Waals surface area contributed by atoms with Crippen molar-refractivity contribution in [1.29, 1.82) is 0 Å². The Labute approximate surface area is 188 Å². The van der Waals surface area contributed by atoms with Crippen molar-refractivity contribution < 1.29 is 0 Å². The highest BCUT2D eigenvalue weighted by Gasteiger charge is 2.28. The molecule has 0 amide bonds.